The van der Waals surface area contributed by atoms with Gasteiger partial charge in [0.05, 0.1) is 6.04 Å². The molecule has 3 aromatic rings. The Morgan fingerprint density at radius 1 is 1.06 bits per heavy atom. The third-order valence-electron chi connectivity index (χ3n) is 6.58. The summed E-state index contributed by atoms with van der Waals surface area (Å²) in [6.07, 6.45) is 4.54. The number of carbonyl (C=O) groups is 1. The van der Waals surface area contributed by atoms with Crippen molar-refractivity contribution in [3.8, 4) is 0 Å². The molecule has 0 radical (unpaired) electrons. The molecule has 2 heterocycles. The second-order valence-corrected chi connectivity index (χ2v) is 10.8. The summed E-state index contributed by atoms with van der Waals surface area (Å²) in [5, 5.41) is 4.24. The molecule has 1 atom stereocenters. The molecule has 1 saturated heterocycles. The molecule has 0 saturated carbocycles. The Balaban J connectivity index is 1.75. The molecule has 1 amide bonds. The monoisotopic (exact) mass is 464 g/mol. The maximum atomic E-state index is 13.0. The van der Waals surface area contributed by atoms with Gasteiger partial charge in [-0.3, -0.25) is 9.69 Å². The number of amides is 1. The third kappa shape index (κ3) is 4.95. The quantitative estimate of drug-likeness (QED) is 0.393. The molecule has 1 aliphatic heterocycles. The number of anilines is 1. The Hall–Kier alpha value is -2.08. The highest BCUT2D eigenvalue weighted by molar-refractivity contribution is 7.98. The molecule has 3 nitrogen and oxygen atoms in total. The number of nitrogens with one attached hydrogen (secondary N) is 1. The molecule has 168 valence electrons. The fourth-order valence-electron chi connectivity index (χ4n) is 4.46. The fourth-order valence-corrected chi connectivity index (χ4v) is 5.96. The average molecular weight is 465 g/mol. The summed E-state index contributed by atoms with van der Waals surface area (Å²) in [5.41, 5.74) is 4.53. The first-order valence-corrected chi connectivity index (χ1v) is 13.4. The normalized spacial score (nSPS) is 16.1. The van der Waals surface area contributed by atoms with Crippen molar-refractivity contribution in [2.75, 3.05) is 24.7 Å². The van der Waals surface area contributed by atoms with Gasteiger partial charge < -0.3 is 5.32 Å². The number of hydrogen-bond acceptors (Lipinski definition) is 4. The molecule has 1 N–H and O–H groups in total. The SMILES string of the molecule is CSc1ccc(C(c2c(NC(=O)c3ccccc3)sc(C)c2C)N2CCC(C)CC2)cc1. The summed E-state index contributed by atoms with van der Waals surface area (Å²) in [5.74, 6) is 0.727. The van der Waals surface area contributed by atoms with Crippen molar-refractivity contribution in [2.45, 2.75) is 44.6 Å². The second kappa shape index (κ2) is 10.2. The van der Waals surface area contributed by atoms with Crippen LogP contribution < -0.4 is 5.32 Å². The van der Waals surface area contributed by atoms with Gasteiger partial charge in [0.25, 0.3) is 5.91 Å². The summed E-state index contributed by atoms with van der Waals surface area (Å²) in [4.78, 5) is 18.2. The van der Waals surface area contributed by atoms with E-state index in [9.17, 15) is 4.79 Å². The number of carbonyl (C=O) groups excluding carboxylic acids is 1. The number of nitrogens with zero attached hydrogens (tertiary/aromatic N) is 1. The molecular formula is C27H32N2OS2. The highest BCUT2D eigenvalue weighted by Crippen LogP contribution is 2.43. The van der Waals surface area contributed by atoms with E-state index in [0.717, 1.165) is 24.0 Å². The van der Waals surface area contributed by atoms with Crippen molar-refractivity contribution in [1.82, 2.24) is 4.90 Å². The number of aryl methyl sites for hydroxylation is 1. The molecule has 1 unspecified atom stereocenters. The first-order chi connectivity index (χ1) is 15.5. The zero-order chi connectivity index (χ0) is 22.7. The molecular weight excluding hydrogens is 432 g/mol. The topological polar surface area (TPSA) is 32.3 Å². The van der Waals surface area contributed by atoms with Gasteiger partial charge in [0.2, 0.25) is 0 Å². The average Bonchev–Trinajstić information content (AvgIpc) is 3.09. The first-order valence-electron chi connectivity index (χ1n) is 11.3. The minimum absolute atomic E-state index is 0.0446. The van der Waals surface area contributed by atoms with Crippen molar-refractivity contribution < 1.29 is 4.79 Å². The molecule has 0 bridgehead atoms. The van der Waals surface area contributed by atoms with E-state index in [2.05, 4.69) is 61.5 Å². The van der Waals surface area contributed by atoms with Crippen LogP contribution in [0.25, 0.3) is 0 Å². The van der Waals surface area contributed by atoms with Gasteiger partial charge in [-0.1, -0.05) is 37.3 Å². The molecule has 5 heteroatoms. The summed E-state index contributed by atoms with van der Waals surface area (Å²) < 4.78 is 0. The van der Waals surface area contributed by atoms with Gasteiger partial charge in [-0.15, -0.1) is 23.1 Å². The Morgan fingerprint density at radius 3 is 2.34 bits per heavy atom. The molecule has 0 spiro atoms. The van der Waals surface area contributed by atoms with Gasteiger partial charge in [-0.25, -0.2) is 0 Å². The van der Waals surface area contributed by atoms with Gasteiger partial charge in [0.15, 0.2) is 0 Å². The van der Waals surface area contributed by atoms with Gasteiger partial charge in [0.1, 0.15) is 5.00 Å². The van der Waals surface area contributed by atoms with Gasteiger partial charge >= 0.3 is 0 Å². The van der Waals surface area contributed by atoms with E-state index in [4.69, 9.17) is 0 Å². The Morgan fingerprint density at radius 2 is 1.72 bits per heavy atom. The Kier molecular flexibility index (Phi) is 7.39. The lowest BCUT2D eigenvalue weighted by Gasteiger charge is -2.38. The third-order valence-corrected chi connectivity index (χ3v) is 8.47. The number of thiophene rings is 1. The lowest BCUT2D eigenvalue weighted by Crippen LogP contribution is -2.37. The zero-order valence-corrected chi connectivity index (χ0v) is 21.0. The van der Waals surface area contributed by atoms with E-state index >= 15 is 0 Å². The van der Waals surface area contributed by atoms with E-state index in [-0.39, 0.29) is 11.9 Å². The summed E-state index contributed by atoms with van der Waals surface area (Å²) in [7, 11) is 0. The van der Waals surface area contributed by atoms with Crippen LogP contribution in [-0.2, 0) is 0 Å². The van der Waals surface area contributed by atoms with Crippen LogP contribution in [0.2, 0.25) is 0 Å². The van der Waals surface area contributed by atoms with Gasteiger partial charge in [-0.05, 0) is 87.3 Å². The van der Waals surface area contributed by atoms with Crippen molar-refractivity contribution in [3.05, 3.63) is 81.7 Å². The second-order valence-electron chi connectivity index (χ2n) is 8.74. The number of benzene rings is 2. The standard InChI is InChI=1S/C27H32N2OS2/c1-18-14-16-29(17-15-18)25(21-10-12-23(31-4)13-11-21)24-19(2)20(3)32-27(24)28-26(30)22-8-6-5-7-9-22/h5-13,18,25H,14-17H2,1-4H3,(H,28,30). The summed E-state index contributed by atoms with van der Waals surface area (Å²) in [6, 6.07) is 18.6. The van der Waals surface area contributed by atoms with Crippen LogP contribution in [0.1, 0.15) is 57.7 Å². The Bertz CT molecular complexity index is 1050. The minimum Gasteiger partial charge on any atom is -0.313 e. The Labute approximate surface area is 200 Å². The minimum atomic E-state index is -0.0446. The molecule has 2 aromatic carbocycles. The highest BCUT2D eigenvalue weighted by Gasteiger charge is 2.31. The fraction of sp³-hybridized carbons (Fsp3) is 0.370. The van der Waals surface area contributed by atoms with Gasteiger partial charge in [0, 0.05) is 20.9 Å². The van der Waals surface area contributed by atoms with E-state index in [1.807, 2.05) is 30.3 Å². The molecule has 4 rings (SSSR count). The van der Waals surface area contributed by atoms with E-state index in [0.29, 0.717) is 5.56 Å². The van der Waals surface area contributed by atoms with E-state index in [1.165, 1.54) is 39.3 Å². The predicted octanol–water partition coefficient (Wildman–Crippen LogP) is 7.16. The number of hydrogen-bond donors (Lipinski definition) is 1. The van der Waals surface area contributed by atoms with Crippen LogP contribution in [0, 0.1) is 19.8 Å². The van der Waals surface area contributed by atoms with Crippen LogP contribution >= 0.6 is 23.1 Å². The lowest BCUT2D eigenvalue weighted by atomic mass is 9.91. The van der Waals surface area contributed by atoms with Crippen molar-refractivity contribution in [2.24, 2.45) is 5.92 Å². The largest absolute Gasteiger partial charge is 0.313 e. The highest BCUT2D eigenvalue weighted by atomic mass is 32.2. The molecule has 32 heavy (non-hydrogen) atoms. The van der Waals surface area contributed by atoms with Gasteiger partial charge in [-0.2, -0.15) is 0 Å². The molecule has 1 aromatic heterocycles. The zero-order valence-electron chi connectivity index (χ0n) is 19.4. The lowest BCUT2D eigenvalue weighted by molar-refractivity contribution is 0.102. The number of thioether (sulfide) groups is 1. The van der Waals surface area contributed by atoms with Crippen molar-refractivity contribution in [3.63, 3.8) is 0 Å². The predicted molar refractivity (Wildman–Crippen MR) is 138 cm³/mol. The maximum Gasteiger partial charge on any atom is 0.256 e. The van der Waals surface area contributed by atoms with E-state index in [1.54, 1.807) is 23.1 Å². The van der Waals surface area contributed by atoms with Crippen LogP contribution in [-0.4, -0.2) is 30.2 Å². The smallest absolute Gasteiger partial charge is 0.256 e. The molecule has 0 aliphatic carbocycles. The number of likely N-dealkylation sites (tertiary alicyclic amines) is 1. The summed E-state index contributed by atoms with van der Waals surface area (Å²) in [6.45, 7) is 8.88. The summed E-state index contributed by atoms with van der Waals surface area (Å²) >= 11 is 3.47. The molecule has 1 fully saturated rings. The van der Waals surface area contributed by atoms with Crippen LogP contribution in [0.4, 0.5) is 5.00 Å². The molecule has 1 aliphatic rings. The maximum absolute atomic E-state index is 13.0. The van der Waals surface area contributed by atoms with Crippen LogP contribution in [0.5, 0.6) is 0 Å². The van der Waals surface area contributed by atoms with Crippen LogP contribution in [0.15, 0.2) is 59.5 Å². The number of piperidine rings is 1. The van der Waals surface area contributed by atoms with Crippen molar-refractivity contribution >= 4 is 34.0 Å². The van der Waals surface area contributed by atoms with Crippen LogP contribution in [0.3, 0.4) is 0 Å². The first kappa shape index (κ1) is 23.1. The van der Waals surface area contributed by atoms with E-state index < -0.39 is 0 Å². The van der Waals surface area contributed by atoms with Crippen molar-refractivity contribution in [1.29, 1.82) is 0 Å². The number of rotatable bonds is 6.